The Bertz CT molecular complexity index is 767. The van der Waals surface area contributed by atoms with Crippen molar-refractivity contribution in [2.45, 2.75) is 46.6 Å². The predicted octanol–water partition coefficient (Wildman–Crippen LogP) is 4.59. The molecule has 0 aliphatic carbocycles. The zero-order chi connectivity index (χ0) is 20.4. The molecule has 162 valence electrons. The molecule has 8 heteroatoms. The number of halogens is 1. The minimum absolute atomic E-state index is 0. The molecule has 0 fully saturated rings. The normalized spacial score (nSPS) is 12.1. The quantitative estimate of drug-likeness (QED) is 0.266. The lowest BCUT2D eigenvalue weighted by atomic mass is 10.1. The number of aryl methyl sites for hydroxylation is 1. The highest BCUT2D eigenvalue weighted by Crippen LogP contribution is 2.30. The summed E-state index contributed by atoms with van der Waals surface area (Å²) in [5.41, 5.74) is 2.24. The third-order valence-electron chi connectivity index (χ3n) is 4.22. The van der Waals surface area contributed by atoms with Crippen LogP contribution in [0, 0.1) is 0 Å². The van der Waals surface area contributed by atoms with Gasteiger partial charge in [-0.3, -0.25) is 4.99 Å². The molecular weight excluding hydrogens is 499 g/mol. The van der Waals surface area contributed by atoms with E-state index in [1.165, 1.54) is 5.01 Å². The van der Waals surface area contributed by atoms with Gasteiger partial charge in [0.1, 0.15) is 0 Å². The molecule has 0 saturated carbocycles. The molecule has 29 heavy (non-hydrogen) atoms. The number of ether oxygens (including phenoxy) is 2. The zero-order valence-electron chi connectivity index (χ0n) is 17.9. The standard InChI is InChI=1S/C21H32N4O2S.HI/c1-6-20-25-17(14-28-20)11-12-23-21(22-5)24-15(4)16-9-10-18(26-7-2)19(13-16)27-8-3;/h9-10,13-15H,6-8,11-12H2,1-5H3,(H2,22,23,24);1H. The van der Waals surface area contributed by atoms with E-state index in [-0.39, 0.29) is 30.0 Å². The van der Waals surface area contributed by atoms with Crippen molar-refractivity contribution in [1.82, 2.24) is 15.6 Å². The maximum atomic E-state index is 5.73. The zero-order valence-corrected chi connectivity index (χ0v) is 21.1. The van der Waals surface area contributed by atoms with Crippen LogP contribution in [0.3, 0.4) is 0 Å². The van der Waals surface area contributed by atoms with Gasteiger partial charge in [-0.1, -0.05) is 13.0 Å². The maximum absolute atomic E-state index is 5.73. The molecule has 0 aliphatic rings. The number of aromatic nitrogens is 1. The number of hydrogen-bond acceptors (Lipinski definition) is 5. The summed E-state index contributed by atoms with van der Waals surface area (Å²) >= 11 is 1.73. The van der Waals surface area contributed by atoms with E-state index in [0.717, 1.165) is 48.1 Å². The first kappa shape index (κ1) is 25.5. The summed E-state index contributed by atoms with van der Waals surface area (Å²) in [5, 5.41) is 10.1. The topological polar surface area (TPSA) is 67.8 Å². The van der Waals surface area contributed by atoms with Gasteiger partial charge in [0, 0.05) is 25.4 Å². The molecule has 0 spiro atoms. The molecule has 2 N–H and O–H groups in total. The highest BCUT2D eigenvalue weighted by Gasteiger charge is 2.12. The summed E-state index contributed by atoms with van der Waals surface area (Å²) in [6.07, 6.45) is 1.87. The number of aliphatic imine (C=N–C) groups is 1. The molecule has 2 rings (SSSR count). The fraction of sp³-hybridized carbons (Fsp3) is 0.524. The monoisotopic (exact) mass is 532 g/mol. The Balaban J connectivity index is 0.00000420. The molecular formula is C21H33IN4O2S. The molecule has 1 unspecified atom stereocenters. The van der Waals surface area contributed by atoms with Crippen LogP contribution >= 0.6 is 35.3 Å². The second-order valence-electron chi connectivity index (χ2n) is 6.27. The van der Waals surface area contributed by atoms with E-state index in [4.69, 9.17) is 9.47 Å². The van der Waals surface area contributed by atoms with Crippen molar-refractivity contribution >= 4 is 41.3 Å². The van der Waals surface area contributed by atoms with Gasteiger partial charge in [0.05, 0.1) is 30.0 Å². The third kappa shape index (κ3) is 8.00. The highest BCUT2D eigenvalue weighted by atomic mass is 127. The van der Waals surface area contributed by atoms with Gasteiger partial charge in [0.15, 0.2) is 17.5 Å². The van der Waals surface area contributed by atoms with Gasteiger partial charge >= 0.3 is 0 Å². The van der Waals surface area contributed by atoms with Crippen LogP contribution in [0.25, 0.3) is 0 Å². The highest BCUT2D eigenvalue weighted by molar-refractivity contribution is 14.0. The van der Waals surface area contributed by atoms with Crippen LogP contribution in [-0.2, 0) is 12.8 Å². The Morgan fingerprint density at radius 2 is 1.90 bits per heavy atom. The van der Waals surface area contributed by atoms with E-state index in [0.29, 0.717) is 13.2 Å². The van der Waals surface area contributed by atoms with Gasteiger partial charge in [-0.2, -0.15) is 0 Å². The minimum Gasteiger partial charge on any atom is -0.490 e. The summed E-state index contributed by atoms with van der Waals surface area (Å²) in [6.45, 7) is 10.2. The van der Waals surface area contributed by atoms with Crippen LogP contribution in [0.5, 0.6) is 11.5 Å². The number of thiazole rings is 1. The van der Waals surface area contributed by atoms with Gasteiger partial charge in [-0.25, -0.2) is 4.98 Å². The Kier molecular flexibility index (Phi) is 12.0. The molecule has 2 aromatic rings. The molecule has 6 nitrogen and oxygen atoms in total. The van der Waals surface area contributed by atoms with Crippen LogP contribution in [-0.4, -0.2) is 37.7 Å². The molecule has 0 bridgehead atoms. The van der Waals surface area contributed by atoms with Crippen molar-refractivity contribution in [2.24, 2.45) is 4.99 Å². The molecule has 0 saturated heterocycles. The number of hydrogen-bond donors (Lipinski definition) is 2. The smallest absolute Gasteiger partial charge is 0.191 e. The second kappa shape index (κ2) is 13.6. The van der Waals surface area contributed by atoms with Crippen LogP contribution in [0.4, 0.5) is 0 Å². The van der Waals surface area contributed by atoms with Crippen LogP contribution in [0.1, 0.15) is 50.0 Å². The van der Waals surface area contributed by atoms with Crippen molar-refractivity contribution in [3.8, 4) is 11.5 Å². The lowest BCUT2D eigenvalue weighted by Crippen LogP contribution is -2.39. The molecule has 1 atom stereocenters. The van der Waals surface area contributed by atoms with Crippen LogP contribution in [0.2, 0.25) is 0 Å². The predicted molar refractivity (Wildman–Crippen MR) is 132 cm³/mol. The van der Waals surface area contributed by atoms with Gasteiger partial charge in [-0.05, 0) is 44.9 Å². The van der Waals surface area contributed by atoms with Gasteiger partial charge in [0.25, 0.3) is 0 Å². The Morgan fingerprint density at radius 3 is 2.52 bits per heavy atom. The summed E-state index contributed by atoms with van der Waals surface area (Å²) in [7, 11) is 1.78. The summed E-state index contributed by atoms with van der Waals surface area (Å²) in [4.78, 5) is 8.94. The van der Waals surface area contributed by atoms with Gasteiger partial charge < -0.3 is 20.1 Å². The van der Waals surface area contributed by atoms with Crippen molar-refractivity contribution in [2.75, 3.05) is 26.8 Å². The van der Waals surface area contributed by atoms with E-state index in [9.17, 15) is 0 Å². The number of nitrogens with zero attached hydrogens (tertiary/aromatic N) is 2. The van der Waals surface area contributed by atoms with Crippen LogP contribution < -0.4 is 20.1 Å². The van der Waals surface area contributed by atoms with E-state index >= 15 is 0 Å². The fourth-order valence-corrected chi connectivity index (χ4v) is 3.53. The molecule has 0 amide bonds. The molecule has 1 heterocycles. The minimum atomic E-state index is 0. The summed E-state index contributed by atoms with van der Waals surface area (Å²) < 4.78 is 11.4. The lowest BCUT2D eigenvalue weighted by Gasteiger charge is -2.20. The van der Waals surface area contributed by atoms with Crippen molar-refractivity contribution < 1.29 is 9.47 Å². The first-order valence-electron chi connectivity index (χ1n) is 9.91. The van der Waals surface area contributed by atoms with E-state index < -0.39 is 0 Å². The molecule has 1 aromatic carbocycles. The second-order valence-corrected chi connectivity index (χ2v) is 7.22. The molecule has 0 aliphatic heterocycles. The number of benzene rings is 1. The van der Waals surface area contributed by atoms with E-state index in [1.54, 1.807) is 18.4 Å². The van der Waals surface area contributed by atoms with Gasteiger partial charge in [-0.15, -0.1) is 35.3 Å². The SMILES string of the molecule is CCOc1ccc(C(C)NC(=NC)NCCc2csc(CC)n2)cc1OCC.I. The molecule has 0 radical (unpaired) electrons. The largest absolute Gasteiger partial charge is 0.490 e. The van der Waals surface area contributed by atoms with Crippen molar-refractivity contribution in [3.05, 3.63) is 39.8 Å². The molecule has 1 aromatic heterocycles. The lowest BCUT2D eigenvalue weighted by molar-refractivity contribution is 0.287. The number of nitrogens with one attached hydrogen (secondary N) is 2. The maximum Gasteiger partial charge on any atom is 0.191 e. The Hall–Kier alpha value is -1.55. The summed E-state index contributed by atoms with van der Waals surface area (Å²) in [5.74, 6) is 2.32. The van der Waals surface area contributed by atoms with Crippen LogP contribution in [0.15, 0.2) is 28.6 Å². The third-order valence-corrected chi connectivity index (χ3v) is 5.26. The first-order chi connectivity index (χ1) is 13.6. The van der Waals surface area contributed by atoms with Gasteiger partial charge in [0.2, 0.25) is 0 Å². The Morgan fingerprint density at radius 1 is 1.17 bits per heavy atom. The average molecular weight is 532 g/mol. The number of guanidine groups is 1. The van der Waals surface area contributed by atoms with Crippen molar-refractivity contribution in [3.63, 3.8) is 0 Å². The van der Waals surface area contributed by atoms with Crippen molar-refractivity contribution in [1.29, 1.82) is 0 Å². The Labute approximate surface area is 195 Å². The van der Waals surface area contributed by atoms with E-state index in [1.807, 2.05) is 26.0 Å². The van der Waals surface area contributed by atoms with E-state index in [2.05, 4.69) is 45.9 Å². The number of rotatable bonds is 10. The first-order valence-corrected chi connectivity index (χ1v) is 10.8. The summed E-state index contributed by atoms with van der Waals surface area (Å²) in [6, 6.07) is 6.12. The fourth-order valence-electron chi connectivity index (χ4n) is 2.76. The average Bonchev–Trinajstić information content (AvgIpc) is 3.16.